The summed E-state index contributed by atoms with van der Waals surface area (Å²) < 4.78 is 4.68. The lowest BCUT2D eigenvalue weighted by molar-refractivity contribution is -0.137. The number of methoxy groups -OCH3 is 1. The van der Waals surface area contributed by atoms with Gasteiger partial charge in [-0.25, -0.2) is 0 Å². The van der Waals surface area contributed by atoms with Gasteiger partial charge in [-0.2, -0.15) is 0 Å². The molecule has 5 heteroatoms. The summed E-state index contributed by atoms with van der Waals surface area (Å²) in [4.78, 5) is 23.9. The van der Waals surface area contributed by atoms with E-state index >= 15 is 0 Å². The van der Waals surface area contributed by atoms with Crippen LogP contribution in [0, 0.1) is 5.92 Å². The highest BCUT2D eigenvalue weighted by atomic mass is 16.5. The fourth-order valence-corrected chi connectivity index (χ4v) is 0.911. The van der Waals surface area contributed by atoms with Gasteiger partial charge in [-0.15, -0.1) is 0 Å². The predicted molar refractivity (Wildman–Crippen MR) is 57.4 cm³/mol. The van der Waals surface area contributed by atoms with Crippen molar-refractivity contribution in [3.63, 3.8) is 0 Å². The average Bonchev–Trinajstić information content (AvgIpc) is 2.15. The van der Waals surface area contributed by atoms with Crippen LogP contribution in [-0.4, -0.2) is 50.6 Å². The number of carbonyl (C=O) groups is 2. The zero-order valence-corrected chi connectivity index (χ0v) is 9.87. The van der Waals surface area contributed by atoms with Crippen molar-refractivity contribution < 1.29 is 14.3 Å². The number of carbonyl (C=O) groups excluding carboxylic acids is 2. The Balaban J connectivity index is 3.80. The van der Waals surface area contributed by atoms with Crippen molar-refractivity contribution in [2.45, 2.75) is 13.8 Å². The Hall–Kier alpha value is -1.10. The smallest absolute Gasteiger partial charge is 0.248 e. The molecule has 0 aromatic heterocycles. The van der Waals surface area contributed by atoms with Gasteiger partial charge in [-0.3, -0.25) is 9.59 Å². The normalized spacial score (nSPS) is 10.2. The number of likely N-dealkylation sites (N-methyl/N-ethyl adjacent to an activating group) is 1. The molecule has 0 heterocycles. The molecular formula is C10H20N2O3. The van der Waals surface area contributed by atoms with E-state index < -0.39 is 0 Å². The Bertz CT molecular complexity index is 217. The number of ether oxygens (including phenoxy) is 1. The summed E-state index contributed by atoms with van der Waals surface area (Å²) >= 11 is 0. The number of nitrogens with one attached hydrogen (secondary N) is 1. The van der Waals surface area contributed by atoms with Crippen LogP contribution in [0.15, 0.2) is 0 Å². The van der Waals surface area contributed by atoms with Crippen molar-refractivity contribution in [3.05, 3.63) is 0 Å². The van der Waals surface area contributed by atoms with E-state index in [2.05, 4.69) is 10.1 Å². The summed E-state index contributed by atoms with van der Waals surface area (Å²) in [7, 11) is 3.03. The van der Waals surface area contributed by atoms with Crippen molar-refractivity contribution in [2.24, 2.45) is 5.92 Å². The molecule has 2 amide bonds. The summed E-state index contributed by atoms with van der Waals surface area (Å²) in [6.07, 6.45) is 0. The van der Waals surface area contributed by atoms with Crippen LogP contribution < -0.4 is 5.32 Å². The van der Waals surface area contributed by atoms with Gasteiger partial charge < -0.3 is 15.0 Å². The van der Waals surface area contributed by atoms with Gasteiger partial charge in [0.2, 0.25) is 11.8 Å². The molecule has 0 unspecified atom stereocenters. The molecule has 0 aromatic carbocycles. The summed E-state index contributed by atoms with van der Waals surface area (Å²) in [5.41, 5.74) is 0. The molecule has 0 saturated carbocycles. The monoisotopic (exact) mass is 216 g/mol. The van der Waals surface area contributed by atoms with E-state index in [0.717, 1.165) is 0 Å². The van der Waals surface area contributed by atoms with Crippen LogP contribution >= 0.6 is 0 Å². The van der Waals surface area contributed by atoms with E-state index in [1.54, 1.807) is 7.05 Å². The topological polar surface area (TPSA) is 58.6 Å². The lowest BCUT2D eigenvalue weighted by atomic mass is 10.2. The van der Waals surface area contributed by atoms with E-state index in [1.165, 1.54) is 12.0 Å². The first-order valence-electron chi connectivity index (χ1n) is 4.97. The Morgan fingerprint density at radius 1 is 1.40 bits per heavy atom. The number of nitrogens with zero attached hydrogens (tertiary/aromatic N) is 1. The highest BCUT2D eigenvalue weighted by Crippen LogP contribution is 1.89. The molecule has 0 rings (SSSR count). The van der Waals surface area contributed by atoms with E-state index in [-0.39, 0.29) is 25.0 Å². The quantitative estimate of drug-likeness (QED) is 0.672. The molecular weight excluding hydrogens is 196 g/mol. The second-order valence-corrected chi connectivity index (χ2v) is 3.88. The molecule has 0 radical (unpaired) electrons. The molecule has 5 nitrogen and oxygen atoms in total. The standard InChI is InChI=1S/C10H20N2O3/c1-8(2)5-11-9(13)6-12(3)10(14)7-15-4/h8H,5-7H2,1-4H3,(H,11,13). The highest BCUT2D eigenvalue weighted by molar-refractivity contribution is 5.85. The van der Waals surface area contributed by atoms with Crippen molar-refractivity contribution in [1.29, 1.82) is 0 Å². The molecule has 0 fully saturated rings. The molecule has 0 bridgehead atoms. The summed E-state index contributed by atoms with van der Waals surface area (Å²) in [6.45, 7) is 4.74. The summed E-state index contributed by atoms with van der Waals surface area (Å²) in [5, 5.41) is 2.74. The van der Waals surface area contributed by atoms with Crippen LogP contribution in [0.5, 0.6) is 0 Å². The summed E-state index contributed by atoms with van der Waals surface area (Å²) in [6, 6.07) is 0. The maximum atomic E-state index is 11.3. The number of hydrogen-bond acceptors (Lipinski definition) is 3. The maximum absolute atomic E-state index is 11.3. The molecule has 0 spiro atoms. The molecule has 0 atom stereocenters. The van der Waals surface area contributed by atoms with Gasteiger partial charge in [-0.05, 0) is 5.92 Å². The van der Waals surface area contributed by atoms with Gasteiger partial charge in [0.25, 0.3) is 0 Å². The summed E-state index contributed by atoms with van der Waals surface area (Å²) in [5.74, 6) is 0.0711. The van der Waals surface area contributed by atoms with E-state index in [9.17, 15) is 9.59 Å². The van der Waals surface area contributed by atoms with Crippen molar-refractivity contribution >= 4 is 11.8 Å². The third kappa shape index (κ3) is 6.90. The van der Waals surface area contributed by atoms with Crippen LogP contribution in [0.4, 0.5) is 0 Å². The molecule has 0 aliphatic carbocycles. The number of amides is 2. The Morgan fingerprint density at radius 2 is 2.00 bits per heavy atom. The van der Waals surface area contributed by atoms with E-state index in [4.69, 9.17) is 0 Å². The van der Waals surface area contributed by atoms with Gasteiger partial charge in [0.1, 0.15) is 6.61 Å². The minimum atomic E-state index is -0.197. The number of hydrogen-bond donors (Lipinski definition) is 1. The molecule has 15 heavy (non-hydrogen) atoms. The molecule has 1 N–H and O–H groups in total. The Morgan fingerprint density at radius 3 is 2.47 bits per heavy atom. The highest BCUT2D eigenvalue weighted by Gasteiger charge is 2.12. The molecule has 0 saturated heterocycles. The van der Waals surface area contributed by atoms with Crippen LogP contribution in [-0.2, 0) is 14.3 Å². The first kappa shape index (κ1) is 13.9. The fraction of sp³-hybridized carbons (Fsp3) is 0.800. The minimum Gasteiger partial charge on any atom is -0.375 e. The second-order valence-electron chi connectivity index (χ2n) is 3.88. The second kappa shape index (κ2) is 7.23. The fourth-order valence-electron chi connectivity index (χ4n) is 0.911. The SMILES string of the molecule is COCC(=O)N(C)CC(=O)NCC(C)C. The van der Waals surface area contributed by atoms with Gasteiger partial charge in [0.15, 0.2) is 0 Å². The first-order chi connectivity index (χ1) is 6.97. The predicted octanol–water partition coefficient (Wildman–Crippen LogP) is -0.137. The van der Waals surface area contributed by atoms with Gasteiger partial charge in [0, 0.05) is 20.7 Å². The lowest BCUT2D eigenvalue weighted by Gasteiger charge is -2.16. The average molecular weight is 216 g/mol. The van der Waals surface area contributed by atoms with Crippen molar-refractivity contribution in [3.8, 4) is 0 Å². The van der Waals surface area contributed by atoms with Crippen molar-refractivity contribution in [2.75, 3.05) is 33.9 Å². The van der Waals surface area contributed by atoms with Gasteiger partial charge in [-0.1, -0.05) is 13.8 Å². The minimum absolute atomic E-state index is 0.00790. The van der Waals surface area contributed by atoms with Crippen LogP contribution in [0.3, 0.4) is 0 Å². The largest absolute Gasteiger partial charge is 0.375 e. The molecule has 88 valence electrons. The van der Waals surface area contributed by atoms with E-state index in [0.29, 0.717) is 12.5 Å². The molecule has 0 aromatic rings. The molecule has 0 aliphatic rings. The number of rotatable bonds is 6. The van der Waals surface area contributed by atoms with Crippen LogP contribution in [0.2, 0.25) is 0 Å². The Kier molecular flexibility index (Phi) is 6.70. The Labute approximate surface area is 90.8 Å². The van der Waals surface area contributed by atoms with E-state index in [1.807, 2.05) is 13.8 Å². The van der Waals surface area contributed by atoms with Crippen LogP contribution in [0.25, 0.3) is 0 Å². The zero-order valence-electron chi connectivity index (χ0n) is 9.87. The maximum Gasteiger partial charge on any atom is 0.248 e. The zero-order chi connectivity index (χ0) is 11.8. The lowest BCUT2D eigenvalue weighted by Crippen LogP contribution is -2.40. The first-order valence-corrected chi connectivity index (χ1v) is 4.97. The van der Waals surface area contributed by atoms with Crippen LogP contribution in [0.1, 0.15) is 13.8 Å². The third-order valence-corrected chi connectivity index (χ3v) is 1.78. The third-order valence-electron chi connectivity index (χ3n) is 1.78. The van der Waals surface area contributed by atoms with Gasteiger partial charge in [0.05, 0.1) is 6.54 Å². The van der Waals surface area contributed by atoms with Crippen molar-refractivity contribution in [1.82, 2.24) is 10.2 Å². The molecule has 0 aliphatic heterocycles. The van der Waals surface area contributed by atoms with Gasteiger partial charge >= 0.3 is 0 Å².